The van der Waals surface area contributed by atoms with Gasteiger partial charge in [0.2, 0.25) is 5.88 Å². The van der Waals surface area contributed by atoms with E-state index in [1.165, 1.54) is 29.5 Å². The standard InChI is InChI=1S/C18H17F3N2O3/c19-18(20,21)11-26-17-7-5-14(9-22-17)23-16(24)10-25-15-6-4-12-2-1-3-13(12)8-15/h4-9H,1-3,10-11H2,(H,23,24). The van der Waals surface area contributed by atoms with Crippen LogP contribution in [0.5, 0.6) is 11.6 Å². The van der Waals surface area contributed by atoms with Gasteiger partial charge < -0.3 is 14.8 Å². The molecule has 0 radical (unpaired) electrons. The number of aryl methyl sites for hydroxylation is 2. The molecule has 26 heavy (non-hydrogen) atoms. The summed E-state index contributed by atoms with van der Waals surface area (Å²) in [4.78, 5) is 15.6. The number of carbonyl (C=O) groups is 1. The van der Waals surface area contributed by atoms with Crippen LogP contribution in [-0.2, 0) is 17.6 Å². The van der Waals surface area contributed by atoms with Gasteiger partial charge in [0.05, 0.1) is 11.9 Å². The van der Waals surface area contributed by atoms with E-state index in [9.17, 15) is 18.0 Å². The van der Waals surface area contributed by atoms with Crippen LogP contribution in [0, 0.1) is 0 Å². The van der Waals surface area contributed by atoms with E-state index < -0.39 is 18.7 Å². The summed E-state index contributed by atoms with van der Waals surface area (Å²) in [7, 11) is 0. The summed E-state index contributed by atoms with van der Waals surface area (Å²) in [6.07, 6.45) is 0.0242. The quantitative estimate of drug-likeness (QED) is 0.850. The molecule has 5 nitrogen and oxygen atoms in total. The van der Waals surface area contributed by atoms with Crippen LogP contribution in [0.3, 0.4) is 0 Å². The maximum absolute atomic E-state index is 12.1. The molecule has 1 aliphatic carbocycles. The lowest BCUT2D eigenvalue weighted by molar-refractivity contribution is -0.154. The largest absolute Gasteiger partial charge is 0.484 e. The van der Waals surface area contributed by atoms with Crippen molar-refractivity contribution < 1.29 is 27.4 Å². The maximum atomic E-state index is 12.1. The predicted molar refractivity (Wildman–Crippen MR) is 88.4 cm³/mol. The van der Waals surface area contributed by atoms with Gasteiger partial charge in [0.1, 0.15) is 5.75 Å². The highest BCUT2D eigenvalue weighted by Gasteiger charge is 2.28. The van der Waals surface area contributed by atoms with Crippen molar-refractivity contribution in [3.05, 3.63) is 47.7 Å². The Balaban J connectivity index is 1.47. The lowest BCUT2D eigenvalue weighted by Gasteiger charge is -2.10. The topological polar surface area (TPSA) is 60.5 Å². The average Bonchev–Trinajstić information content (AvgIpc) is 3.06. The molecule has 0 bridgehead atoms. The number of rotatable bonds is 6. The first-order chi connectivity index (χ1) is 12.4. The molecule has 0 spiro atoms. The second-order valence-electron chi connectivity index (χ2n) is 5.91. The minimum atomic E-state index is -4.43. The van der Waals surface area contributed by atoms with Gasteiger partial charge in [0.15, 0.2) is 13.2 Å². The van der Waals surface area contributed by atoms with E-state index in [2.05, 4.69) is 15.0 Å². The van der Waals surface area contributed by atoms with Crippen LogP contribution in [0.25, 0.3) is 0 Å². The Kier molecular flexibility index (Phi) is 5.29. The molecule has 0 unspecified atom stereocenters. The number of ether oxygens (including phenoxy) is 2. The molecule has 1 aromatic carbocycles. The lowest BCUT2D eigenvalue weighted by Crippen LogP contribution is -2.21. The molecule has 1 N–H and O–H groups in total. The fourth-order valence-electron chi connectivity index (χ4n) is 2.68. The van der Waals surface area contributed by atoms with E-state index in [1.807, 2.05) is 18.2 Å². The van der Waals surface area contributed by atoms with E-state index in [4.69, 9.17) is 4.74 Å². The van der Waals surface area contributed by atoms with E-state index in [1.54, 1.807) is 0 Å². The summed E-state index contributed by atoms with van der Waals surface area (Å²) < 4.78 is 46.2. The molecule has 0 saturated carbocycles. The first-order valence-electron chi connectivity index (χ1n) is 8.09. The Morgan fingerprint density at radius 2 is 1.92 bits per heavy atom. The highest BCUT2D eigenvalue weighted by Crippen LogP contribution is 2.26. The molecule has 3 rings (SSSR count). The minimum Gasteiger partial charge on any atom is -0.484 e. The van der Waals surface area contributed by atoms with Crippen LogP contribution in [0.4, 0.5) is 18.9 Å². The molecule has 0 aliphatic heterocycles. The van der Waals surface area contributed by atoms with E-state index in [-0.39, 0.29) is 12.5 Å². The molecule has 8 heteroatoms. The predicted octanol–water partition coefficient (Wildman–Crippen LogP) is 3.53. The number of hydrogen-bond donors (Lipinski definition) is 1. The number of amides is 1. The van der Waals surface area contributed by atoms with E-state index in [0.717, 1.165) is 19.3 Å². The van der Waals surface area contributed by atoms with Gasteiger partial charge >= 0.3 is 6.18 Å². The van der Waals surface area contributed by atoms with Crippen molar-refractivity contribution in [3.8, 4) is 11.6 Å². The van der Waals surface area contributed by atoms with Crippen LogP contribution in [0.1, 0.15) is 17.5 Å². The molecule has 0 saturated heterocycles. The van der Waals surface area contributed by atoms with Crippen molar-refractivity contribution in [2.45, 2.75) is 25.4 Å². The monoisotopic (exact) mass is 366 g/mol. The Morgan fingerprint density at radius 1 is 1.12 bits per heavy atom. The van der Waals surface area contributed by atoms with Gasteiger partial charge in [-0.25, -0.2) is 4.98 Å². The molecule has 2 aromatic rings. The number of anilines is 1. The number of carbonyl (C=O) groups excluding carboxylic acids is 1. The summed E-state index contributed by atoms with van der Waals surface area (Å²) in [5.74, 6) is 0.0702. The van der Waals surface area contributed by atoms with E-state index in [0.29, 0.717) is 11.4 Å². The van der Waals surface area contributed by atoms with Gasteiger partial charge in [0, 0.05) is 6.07 Å². The van der Waals surface area contributed by atoms with Gasteiger partial charge in [-0.2, -0.15) is 13.2 Å². The third-order valence-corrected chi connectivity index (χ3v) is 3.84. The summed E-state index contributed by atoms with van der Waals surface area (Å²) in [5, 5.41) is 2.56. The molecule has 1 heterocycles. The summed E-state index contributed by atoms with van der Waals surface area (Å²) in [6.45, 7) is -1.59. The number of benzene rings is 1. The van der Waals surface area contributed by atoms with Gasteiger partial charge in [0.25, 0.3) is 5.91 Å². The number of nitrogens with zero attached hydrogens (tertiary/aromatic N) is 1. The zero-order valence-electron chi connectivity index (χ0n) is 13.8. The normalized spacial score (nSPS) is 13.2. The number of pyridine rings is 1. The first-order valence-corrected chi connectivity index (χ1v) is 8.09. The molecule has 138 valence electrons. The number of aromatic nitrogens is 1. The molecule has 0 fully saturated rings. The fourth-order valence-corrected chi connectivity index (χ4v) is 2.68. The second-order valence-corrected chi connectivity index (χ2v) is 5.91. The Hall–Kier alpha value is -2.77. The van der Waals surface area contributed by atoms with Gasteiger partial charge in [-0.3, -0.25) is 4.79 Å². The minimum absolute atomic E-state index is 0.172. The van der Waals surface area contributed by atoms with Crippen LogP contribution in [0.2, 0.25) is 0 Å². The van der Waals surface area contributed by atoms with Crippen LogP contribution in [-0.4, -0.2) is 30.3 Å². The molecule has 1 aliphatic rings. The van der Waals surface area contributed by atoms with Crippen LogP contribution >= 0.6 is 0 Å². The summed E-state index contributed by atoms with van der Waals surface area (Å²) >= 11 is 0. The molecule has 1 amide bonds. The Morgan fingerprint density at radius 3 is 2.65 bits per heavy atom. The smallest absolute Gasteiger partial charge is 0.422 e. The van der Waals surface area contributed by atoms with Crippen LogP contribution < -0.4 is 14.8 Å². The number of halogens is 3. The third kappa shape index (κ3) is 5.11. The summed E-state index contributed by atoms with van der Waals surface area (Å²) in [6, 6.07) is 8.46. The molecule has 1 aromatic heterocycles. The molecule has 0 atom stereocenters. The van der Waals surface area contributed by atoms with E-state index >= 15 is 0 Å². The van der Waals surface area contributed by atoms with Crippen molar-refractivity contribution in [1.29, 1.82) is 0 Å². The Labute approximate surface area is 148 Å². The number of fused-ring (bicyclic) bond motifs is 1. The summed E-state index contributed by atoms with van der Waals surface area (Å²) in [5.41, 5.74) is 2.91. The Bertz CT molecular complexity index is 776. The van der Waals surface area contributed by atoms with Gasteiger partial charge in [-0.05, 0) is 48.6 Å². The average molecular weight is 366 g/mol. The van der Waals surface area contributed by atoms with Crippen molar-refractivity contribution >= 4 is 11.6 Å². The maximum Gasteiger partial charge on any atom is 0.422 e. The van der Waals surface area contributed by atoms with Crippen molar-refractivity contribution in [2.75, 3.05) is 18.5 Å². The number of hydrogen-bond acceptors (Lipinski definition) is 4. The fraction of sp³-hybridized carbons (Fsp3) is 0.333. The van der Waals surface area contributed by atoms with Crippen molar-refractivity contribution in [2.24, 2.45) is 0 Å². The second kappa shape index (κ2) is 7.63. The molecular formula is C18H17F3N2O3. The lowest BCUT2D eigenvalue weighted by atomic mass is 10.1. The third-order valence-electron chi connectivity index (χ3n) is 3.84. The zero-order valence-corrected chi connectivity index (χ0v) is 13.8. The SMILES string of the molecule is O=C(COc1ccc2c(c1)CCC2)Nc1ccc(OCC(F)(F)F)nc1. The first kappa shape index (κ1) is 18.0. The number of nitrogens with one attached hydrogen (secondary N) is 1. The molecular weight excluding hydrogens is 349 g/mol. The van der Waals surface area contributed by atoms with Crippen LogP contribution in [0.15, 0.2) is 36.5 Å². The highest BCUT2D eigenvalue weighted by atomic mass is 19.4. The highest BCUT2D eigenvalue weighted by molar-refractivity contribution is 5.91. The number of alkyl halides is 3. The van der Waals surface area contributed by atoms with Crippen molar-refractivity contribution in [3.63, 3.8) is 0 Å². The van der Waals surface area contributed by atoms with Gasteiger partial charge in [-0.15, -0.1) is 0 Å². The van der Waals surface area contributed by atoms with Crippen molar-refractivity contribution in [1.82, 2.24) is 4.98 Å². The van der Waals surface area contributed by atoms with Gasteiger partial charge in [-0.1, -0.05) is 6.07 Å². The zero-order chi connectivity index (χ0) is 18.6.